The Morgan fingerprint density at radius 3 is 2.35 bits per heavy atom. The van der Waals surface area contributed by atoms with Gasteiger partial charge in [0.25, 0.3) is 0 Å². The van der Waals surface area contributed by atoms with Gasteiger partial charge in [0.05, 0.1) is 45.3 Å². The van der Waals surface area contributed by atoms with Crippen molar-refractivity contribution in [1.29, 1.82) is 0 Å². The van der Waals surface area contributed by atoms with Crippen LogP contribution in [0.2, 0.25) is 0 Å². The average Bonchev–Trinajstić information content (AvgIpc) is 3.70. The third kappa shape index (κ3) is 16.5. The third-order valence-corrected chi connectivity index (χ3v) is 13.6. The number of piperidine rings is 1. The van der Waals surface area contributed by atoms with E-state index in [0.717, 1.165) is 42.5 Å². The lowest BCUT2D eigenvalue weighted by Crippen LogP contribution is -2.55. The van der Waals surface area contributed by atoms with E-state index in [1.807, 2.05) is 45.6 Å². The minimum absolute atomic E-state index is 0.0520. The second kappa shape index (κ2) is 28.1. The van der Waals surface area contributed by atoms with E-state index in [2.05, 4.69) is 56.5 Å². The lowest BCUT2D eigenvalue weighted by atomic mass is 9.84. The van der Waals surface area contributed by atoms with Crippen molar-refractivity contribution in [3.8, 4) is 5.75 Å². The number of aryl methyl sites for hydroxylation is 2. The third-order valence-electron chi connectivity index (χ3n) is 13.6. The first-order chi connectivity index (χ1) is 34.4. The summed E-state index contributed by atoms with van der Waals surface area (Å²) in [7, 11) is 3.31. The topological polar surface area (TPSA) is 218 Å². The summed E-state index contributed by atoms with van der Waals surface area (Å²) in [6.07, 6.45) is 0.837. The van der Waals surface area contributed by atoms with Crippen LogP contribution in [0.25, 0.3) is 11.0 Å². The molecule has 0 unspecified atom stereocenters. The summed E-state index contributed by atoms with van der Waals surface area (Å²) < 4.78 is 36.3. The Balaban J connectivity index is 0.958. The van der Waals surface area contributed by atoms with Gasteiger partial charge in [0.1, 0.15) is 17.5 Å². The molecule has 2 aromatic heterocycles. The number of nitrogens with one attached hydrogen (secondary N) is 3. The van der Waals surface area contributed by atoms with Crippen LogP contribution in [0.5, 0.6) is 5.75 Å². The number of nitrogens with zero attached hydrogens (tertiary/aromatic N) is 4. The molecule has 4 heterocycles. The summed E-state index contributed by atoms with van der Waals surface area (Å²) in [6.45, 7) is 20.0. The van der Waals surface area contributed by atoms with E-state index in [9.17, 15) is 28.8 Å². The maximum atomic E-state index is 13.5. The molecule has 0 saturated carbocycles. The van der Waals surface area contributed by atoms with Gasteiger partial charge < -0.3 is 58.7 Å². The van der Waals surface area contributed by atoms with Crippen molar-refractivity contribution in [2.45, 2.75) is 131 Å². The lowest BCUT2D eigenvalue weighted by Gasteiger charge is -2.42. The summed E-state index contributed by atoms with van der Waals surface area (Å²) in [5.41, 5.74) is 3.25. The Hall–Kier alpha value is -5.47. The molecule has 19 nitrogen and oxygen atoms in total. The minimum atomic E-state index is -1.23. The monoisotopic (exact) mass is 1010 g/mol. The molecular weight excluding hydrogens is 927 g/mol. The number of Topliss-reactive ketones (excluding diaryl/α,β-unsaturated/α-hetero) is 1. The Kier molecular flexibility index (Phi) is 22.4. The normalized spacial score (nSPS) is 20.3. The first-order valence-electron chi connectivity index (χ1n) is 25.5. The van der Waals surface area contributed by atoms with E-state index in [1.54, 1.807) is 31.3 Å². The van der Waals surface area contributed by atoms with Crippen LogP contribution >= 0.6 is 0 Å². The molecule has 2 aliphatic heterocycles. The number of ketones is 1. The Labute approximate surface area is 424 Å². The fourth-order valence-electron chi connectivity index (χ4n) is 9.00. The number of hydrogen-bond acceptors (Lipinski definition) is 15. The molecule has 5 rings (SSSR count). The molecule has 3 N–H and O–H groups in total. The molecule has 2 fully saturated rings. The predicted octanol–water partition coefficient (Wildman–Crippen LogP) is 5.05. The van der Waals surface area contributed by atoms with Crippen LogP contribution in [0, 0.1) is 30.6 Å². The number of fused-ring (bicyclic) bond motifs is 1. The Morgan fingerprint density at radius 1 is 0.944 bits per heavy atom. The molecule has 1 aromatic carbocycles. The summed E-state index contributed by atoms with van der Waals surface area (Å²) in [5, 5.41) is 10.3. The highest BCUT2D eigenvalue weighted by Crippen LogP contribution is 2.37. The minimum Gasteiger partial charge on any atom is -0.467 e. The van der Waals surface area contributed by atoms with Crippen LogP contribution in [0.4, 0.5) is 5.69 Å². The lowest BCUT2D eigenvalue weighted by molar-refractivity contribution is -0.243. The highest BCUT2D eigenvalue weighted by Gasteiger charge is 2.48. The maximum absolute atomic E-state index is 13.5. The predicted molar refractivity (Wildman–Crippen MR) is 271 cm³/mol. The molecule has 3 aromatic rings. The Morgan fingerprint density at radius 2 is 1.67 bits per heavy atom. The van der Waals surface area contributed by atoms with Crippen molar-refractivity contribution in [2.24, 2.45) is 23.7 Å². The smallest absolute Gasteiger partial charge is 0.339 e. The number of carbonyl (C=O) groups excluding carboxylic acids is 6. The van der Waals surface area contributed by atoms with Gasteiger partial charge in [-0.25, -0.2) is 9.78 Å². The molecular formula is C53H79N7O12. The molecule has 72 heavy (non-hydrogen) atoms. The summed E-state index contributed by atoms with van der Waals surface area (Å²) >= 11 is 0. The molecule has 0 spiro atoms. The van der Waals surface area contributed by atoms with Crippen molar-refractivity contribution in [2.75, 3.05) is 72.1 Å². The maximum Gasteiger partial charge on any atom is 0.339 e. The van der Waals surface area contributed by atoms with E-state index >= 15 is 0 Å². The van der Waals surface area contributed by atoms with Crippen molar-refractivity contribution in [1.82, 2.24) is 30.0 Å². The second-order valence-corrected chi connectivity index (χ2v) is 19.6. The fourth-order valence-corrected chi connectivity index (χ4v) is 9.00. The summed E-state index contributed by atoms with van der Waals surface area (Å²) in [4.78, 5) is 86.6. The molecule has 3 amide bonds. The van der Waals surface area contributed by atoms with Crippen LogP contribution in [0.15, 0.2) is 42.6 Å². The number of amides is 3. The van der Waals surface area contributed by atoms with Crippen LogP contribution in [-0.2, 0) is 65.5 Å². The quantitative estimate of drug-likeness (QED) is 0.0673. The number of esters is 2. The van der Waals surface area contributed by atoms with Gasteiger partial charge in [-0.3, -0.25) is 24.0 Å². The summed E-state index contributed by atoms with van der Waals surface area (Å²) in [5.74, 6) is -3.56. The zero-order chi connectivity index (χ0) is 52.5. The van der Waals surface area contributed by atoms with Crippen LogP contribution in [0.1, 0.15) is 91.8 Å². The Bertz CT molecular complexity index is 2280. The number of pyridine rings is 1. The first-order valence-corrected chi connectivity index (χ1v) is 25.5. The number of aromatic nitrogens is 2. The largest absolute Gasteiger partial charge is 0.467 e. The number of carbonyl (C=O) groups is 6. The molecule has 2 saturated heterocycles. The van der Waals surface area contributed by atoms with Crippen LogP contribution < -0.4 is 20.7 Å². The number of methoxy groups -OCH3 is 1. The highest BCUT2D eigenvalue weighted by molar-refractivity contribution is 5.98. The second-order valence-electron chi connectivity index (χ2n) is 19.6. The van der Waals surface area contributed by atoms with Crippen molar-refractivity contribution >= 4 is 52.2 Å². The SMILES string of the molecule is CCN(C)Cc1cc2cccnc2n1CCC(=O)N1CCC(NCCOCCOCCC(=O)N[C@H](C(=O)C[C@@H](C)C(=O)Nc2ccc(C)cc2O[C@@H]2O[C@H](C(=O)OC)[C@@H](OC(C)=O)[C@H](C)[C@H]2C)C(C)C)CC1. The van der Waals surface area contributed by atoms with Crippen molar-refractivity contribution in [3.05, 3.63) is 53.9 Å². The summed E-state index contributed by atoms with van der Waals surface area (Å²) in [6, 6.07) is 10.9. The van der Waals surface area contributed by atoms with Gasteiger partial charge in [-0.05, 0) is 75.2 Å². The van der Waals surface area contributed by atoms with E-state index in [-0.39, 0.29) is 60.5 Å². The zero-order valence-corrected chi connectivity index (χ0v) is 44.0. The molecule has 19 heteroatoms. The number of ether oxygens (including phenoxy) is 6. The number of likely N-dealkylation sites (tertiary alicyclic amines) is 1. The number of benzene rings is 1. The van der Waals surface area contributed by atoms with Gasteiger partial charge in [-0.2, -0.15) is 0 Å². The standard InChI is InChI=1S/C53H79N7O12/c1-11-58(9)32-41-31-39-13-12-20-55-50(39)60(41)24-18-46(64)59-22-16-40(17-23-59)54-21-26-69-28-27-68-25-19-45(63)57-47(33(2)3)43(62)30-35(5)51(65)56-42-15-14-34(4)29-44(42)71-53-37(7)36(6)48(70-38(8)61)49(72-53)52(66)67-10/h12-15,20,29,31,33,35-37,40,47-49,53-54H,11,16-19,21-28,30,32H2,1-10H3,(H,56,65)(H,57,63)/t35-,36-,37-,47+,48+,49+,53-/m1/s1. The number of rotatable bonds is 27. The molecule has 0 radical (unpaired) electrons. The van der Waals surface area contributed by atoms with E-state index in [1.165, 1.54) is 19.7 Å². The fraction of sp³-hybridized carbons (Fsp3) is 0.642. The molecule has 7 atom stereocenters. The van der Waals surface area contributed by atoms with Gasteiger partial charge >= 0.3 is 11.9 Å². The van der Waals surface area contributed by atoms with Gasteiger partial charge in [-0.15, -0.1) is 0 Å². The number of hydrogen-bond donors (Lipinski definition) is 3. The first kappa shape index (κ1) is 57.4. The van der Waals surface area contributed by atoms with Gasteiger partial charge in [0.15, 0.2) is 11.9 Å². The zero-order valence-electron chi connectivity index (χ0n) is 44.0. The molecule has 0 bridgehead atoms. The van der Waals surface area contributed by atoms with Gasteiger partial charge in [0.2, 0.25) is 24.0 Å². The van der Waals surface area contributed by atoms with Gasteiger partial charge in [-0.1, -0.05) is 47.6 Å². The van der Waals surface area contributed by atoms with E-state index < -0.39 is 48.3 Å². The average molecular weight is 1010 g/mol. The molecule has 2 aliphatic rings. The van der Waals surface area contributed by atoms with Crippen molar-refractivity contribution in [3.63, 3.8) is 0 Å². The van der Waals surface area contributed by atoms with Gasteiger partial charge in [0, 0.05) is 100.0 Å². The molecule has 0 aliphatic carbocycles. The highest BCUT2D eigenvalue weighted by atomic mass is 16.7. The molecule has 398 valence electrons. The number of anilines is 1. The van der Waals surface area contributed by atoms with Crippen molar-refractivity contribution < 1.29 is 57.2 Å². The van der Waals surface area contributed by atoms with E-state index in [0.29, 0.717) is 64.1 Å². The van der Waals surface area contributed by atoms with E-state index in [4.69, 9.17) is 28.4 Å². The van der Waals surface area contributed by atoms with Crippen LogP contribution in [-0.4, -0.2) is 152 Å². The van der Waals surface area contributed by atoms with Crippen LogP contribution in [0.3, 0.4) is 0 Å².